The number of nitrogens with zero attached hydrogens (tertiary/aromatic N) is 1. The Morgan fingerprint density at radius 2 is 1.58 bits per heavy atom. The van der Waals surface area contributed by atoms with Gasteiger partial charge in [0, 0.05) is 6.04 Å². The van der Waals surface area contributed by atoms with Gasteiger partial charge in [-0.25, -0.2) is 4.98 Å². The van der Waals surface area contributed by atoms with Crippen LogP contribution in [0.4, 0.5) is 0 Å². The largest absolute Gasteiger partial charge is 0.481 e. The summed E-state index contributed by atoms with van der Waals surface area (Å²) in [5.41, 5.74) is 1.61. The van der Waals surface area contributed by atoms with Crippen LogP contribution >= 0.6 is 0 Å². The molecule has 314 valence electrons. The molecule has 0 radical (unpaired) electrons. The number of carboxylic acid groups (broad SMARTS) is 1. The summed E-state index contributed by atoms with van der Waals surface area (Å²) in [6.07, 6.45) is 15.8. The first-order valence-electron chi connectivity index (χ1n) is 22.3. The fourth-order valence-electron chi connectivity index (χ4n) is 13.9. The van der Waals surface area contributed by atoms with E-state index in [4.69, 9.17) is 4.74 Å². The van der Waals surface area contributed by atoms with Crippen LogP contribution in [0.3, 0.4) is 0 Å². The molecule has 2 aromatic rings. The summed E-state index contributed by atoms with van der Waals surface area (Å²) >= 11 is 0. The number of rotatable bonds is 8. The lowest BCUT2D eigenvalue weighted by Gasteiger charge is -2.67. The predicted molar refractivity (Wildman–Crippen MR) is 226 cm³/mol. The van der Waals surface area contributed by atoms with E-state index in [9.17, 15) is 19.5 Å². The highest BCUT2D eigenvalue weighted by Crippen LogP contribution is 2.71. The van der Waals surface area contributed by atoms with Gasteiger partial charge in [0.05, 0.1) is 35.7 Å². The Labute approximate surface area is 342 Å². The lowest BCUT2D eigenvalue weighted by molar-refractivity contribution is -0.202. The molecule has 8 rings (SSSR count). The Morgan fingerprint density at radius 3 is 2.25 bits per heavy atom. The molecule has 1 aromatic heterocycles. The Balaban J connectivity index is 0.00000105. The lowest BCUT2D eigenvalue weighted by atomic mass is 9.38. The number of amides is 1. The number of fused-ring (bicyclic) bond motifs is 7. The second kappa shape index (κ2) is 17.0. The number of allylic oxidation sites excluding steroid dienone is 1. The molecule has 4 N–H and O–H groups in total. The zero-order valence-corrected chi connectivity index (χ0v) is 36.2. The number of aromatic amines is 1. The monoisotopic (exact) mass is 785 g/mol. The summed E-state index contributed by atoms with van der Waals surface area (Å²) in [6.45, 7) is 18.6. The van der Waals surface area contributed by atoms with Gasteiger partial charge in [0.1, 0.15) is 11.9 Å². The van der Waals surface area contributed by atoms with E-state index in [1.165, 1.54) is 19.3 Å². The van der Waals surface area contributed by atoms with Crippen molar-refractivity contribution in [3.63, 3.8) is 0 Å². The molecule has 1 heterocycles. The first-order chi connectivity index (χ1) is 27.2. The van der Waals surface area contributed by atoms with Crippen LogP contribution in [0.1, 0.15) is 131 Å². The number of esters is 1. The van der Waals surface area contributed by atoms with Crippen molar-refractivity contribution in [1.29, 1.82) is 0 Å². The van der Waals surface area contributed by atoms with Gasteiger partial charge in [-0.1, -0.05) is 84.4 Å². The number of hydrogen-bond donors (Lipinski definition) is 4. The van der Waals surface area contributed by atoms with E-state index in [2.05, 4.69) is 53.2 Å². The minimum absolute atomic E-state index is 0.0962. The summed E-state index contributed by atoms with van der Waals surface area (Å²) in [5, 5.41) is 16.6. The molecular formula is C48H72N4O5. The van der Waals surface area contributed by atoms with Crippen molar-refractivity contribution in [2.45, 2.75) is 144 Å². The second-order valence-corrected chi connectivity index (χ2v) is 19.3. The number of H-pyrrole nitrogens is 1. The molecule has 1 aromatic carbocycles. The molecule has 12 atom stereocenters. The first kappa shape index (κ1) is 43.1. The number of carboxylic acids is 1. The molecule has 6 saturated carbocycles. The lowest BCUT2D eigenvalue weighted by Crippen LogP contribution is -2.65. The number of nitrogens with one attached hydrogen (secondary N) is 3. The summed E-state index contributed by atoms with van der Waals surface area (Å²) in [7, 11) is 2.02. The fourth-order valence-corrected chi connectivity index (χ4v) is 13.9. The normalized spacial score (nSPS) is 38.4. The van der Waals surface area contributed by atoms with Gasteiger partial charge in [-0.2, -0.15) is 0 Å². The van der Waals surface area contributed by atoms with Gasteiger partial charge < -0.3 is 25.5 Å². The first-order valence-corrected chi connectivity index (χ1v) is 22.3. The highest BCUT2D eigenvalue weighted by atomic mass is 16.5. The maximum atomic E-state index is 14.2. The molecule has 0 bridgehead atoms. The third-order valence-electron chi connectivity index (χ3n) is 16.7. The van der Waals surface area contributed by atoms with Crippen LogP contribution < -0.4 is 10.6 Å². The van der Waals surface area contributed by atoms with Crippen LogP contribution in [0, 0.1) is 63.1 Å². The molecule has 9 heteroatoms. The van der Waals surface area contributed by atoms with Crippen molar-refractivity contribution >= 4 is 17.8 Å². The number of benzene rings is 1. The number of ether oxygens (including phenoxy) is 1. The van der Waals surface area contributed by atoms with E-state index in [1.807, 2.05) is 66.1 Å². The van der Waals surface area contributed by atoms with E-state index in [-0.39, 0.29) is 46.2 Å². The molecule has 57 heavy (non-hydrogen) atoms. The Bertz CT molecular complexity index is 1740. The predicted octanol–water partition coefficient (Wildman–Crippen LogP) is 9.60. The smallest absolute Gasteiger partial charge is 0.309 e. The number of hydrogen-bond acceptors (Lipinski definition) is 6. The minimum Gasteiger partial charge on any atom is -0.481 e. The number of carbonyl (C=O) groups is 3. The van der Waals surface area contributed by atoms with Gasteiger partial charge in [0.2, 0.25) is 5.91 Å². The molecule has 6 aliphatic rings. The molecule has 0 saturated heterocycles. The number of carbonyl (C=O) groups excluding carboxylic acids is 2. The summed E-state index contributed by atoms with van der Waals surface area (Å²) in [5.74, 6) is 1.84. The molecular weight excluding hydrogens is 713 g/mol. The van der Waals surface area contributed by atoms with Crippen LogP contribution in [0.15, 0.2) is 49.2 Å². The average Bonchev–Trinajstić information content (AvgIpc) is 3.87. The average molecular weight is 785 g/mol. The number of imidazole rings is 1. The van der Waals surface area contributed by atoms with Gasteiger partial charge in [0.15, 0.2) is 0 Å². The summed E-state index contributed by atoms with van der Waals surface area (Å²) < 4.78 is 6.32. The fraction of sp³-hybridized carbons (Fsp3) is 0.708. The summed E-state index contributed by atoms with van der Waals surface area (Å²) in [4.78, 5) is 47.4. The van der Waals surface area contributed by atoms with Crippen molar-refractivity contribution in [1.82, 2.24) is 20.6 Å². The Hall–Kier alpha value is -3.46. The Morgan fingerprint density at radius 1 is 0.912 bits per heavy atom. The van der Waals surface area contributed by atoms with E-state index in [0.717, 1.165) is 68.4 Å². The molecule has 6 fully saturated rings. The second-order valence-electron chi connectivity index (χ2n) is 19.3. The van der Waals surface area contributed by atoms with Gasteiger partial charge in [-0.3, -0.25) is 14.4 Å². The third kappa shape index (κ3) is 7.41. The standard InChI is InChI=1S/C43H60N4O5.C3H6.C2H6/c1-40(2)30(37(48)49)22-31(40)38(50)52-33-17-20-42(4)29(36(33)44-5)15-19-41(3)27-16-21-43(18-9-12-28(43)26(27)13-14-34(41)42)39(51)46-24-35-45-23-32(47-35)25-10-7-6-8-11-25;1-3-2;1-2/h6-8,10-11,23,26-31,33-34,36,44H,9,12-22,24H2,1-5H3,(H,45,47)(H,46,51)(H,48,49);3H,1H2,2H3;1-2H3. The van der Waals surface area contributed by atoms with Crippen LogP contribution in [-0.4, -0.2) is 52.1 Å². The van der Waals surface area contributed by atoms with Gasteiger partial charge >= 0.3 is 11.9 Å². The van der Waals surface area contributed by atoms with Gasteiger partial charge in [-0.15, -0.1) is 6.58 Å². The van der Waals surface area contributed by atoms with Gasteiger partial charge in [0.25, 0.3) is 0 Å². The molecule has 0 spiro atoms. The van der Waals surface area contributed by atoms with Crippen LogP contribution in [-0.2, 0) is 25.7 Å². The Kier molecular flexibility index (Phi) is 12.9. The van der Waals surface area contributed by atoms with Crippen molar-refractivity contribution < 1.29 is 24.2 Å². The highest BCUT2D eigenvalue weighted by Gasteiger charge is 2.66. The van der Waals surface area contributed by atoms with Crippen LogP contribution in [0.25, 0.3) is 11.3 Å². The molecule has 6 aliphatic carbocycles. The van der Waals surface area contributed by atoms with Crippen LogP contribution in [0.2, 0.25) is 0 Å². The SMILES string of the molecule is C=CC.CC.CNC1C(OC(=O)C2CC(C(=O)O)C2(C)C)CCC2(C)C1CCC1(C)C3CCC4(C(=O)NCc5ncc(-c6ccccc6)[nH]5)CCCC4C3CCC12. The maximum absolute atomic E-state index is 14.2. The zero-order chi connectivity index (χ0) is 41.3. The quantitative estimate of drug-likeness (QED) is 0.155. The van der Waals surface area contributed by atoms with Crippen molar-refractivity contribution in [2.75, 3.05) is 7.05 Å². The molecule has 9 nitrogen and oxygen atoms in total. The molecule has 1 amide bonds. The van der Waals surface area contributed by atoms with E-state index >= 15 is 0 Å². The number of aliphatic carboxylic acids is 1. The van der Waals surface area contributed by atoms with Crippen LogP contribution in [0.5, 0.6) is 0 Å². The van der Waals surface area contributed by atoms with E-state index in [0.29, 0.717) is 42.6 Å². The minimum atomic E-state index is -0.821. The maximum Gasteiger partial charge on any atom is 0.309 e. The van der Waals surface area contributed by atoms with Crippen molar-refractivity contribution in [3.8, 4) is 11.3 Å². The van der Waals surface area contributed by atoms with Gasteiger partial charge in [-0.05, 0) is 136 Å². The third-order valence-corrected chi connectivity index (χ3v) is 16.7. The highest BCUT2D eigenvalue weighted by molar-refractivity contribution is 5.83. The molecule has 0 aliphatic heterocycles. The van der Waals surface area contributed by atoms with E-state index < -0.39 is 17.3 Å². The van der Waals surface area contributed by atoms with Crippen molar-refractivity contribution in [2.24, 2.45) is 63.1 Å². The van der Waals surface area contributed by atoms with E-state index in [1.54, 1.807) is 6.08 Å². The topological polar surface area (TPSA) is 133 Å². The summed E-state index contributed by atoms with van der Waals surface area (Å²) in [6, 6.07) is 10.3. The van der Waals surface area contributed by atoms with Crippen molar-refractivity contribution in [3.05, 3.63) is 55.0 Å². The number of likely N-dealkylation sites (N-methyl/N-ethyl adjacent to an activating group) is 1. The molecule has 12 unspecified atom stereocenters. The number of aromatic nitrogens is 2. The zero-order valence-electron chi connectivity index (χ0n) is 36.2.